The molecule has 0 aliphatic heterocycles. The second-order valence-corrected chi connectivity index (χ2v) is 7.19. The van der Waals surface area contributed by atoms with Crippen molar-refractivity contribution in [3.63, 3.8) is 0 Å². The smallest absolute Gasteiger partial charge is 0.230 e. The first-order valence-electron chi connectivity index (χ1n) is 10.1. The number of nitriles is 1. The van der Waals surface area contributed by atoms with Crippen LogP contribution in [0, 0.1) is 11.3 Å². The number of nitrogens with zero attached hydrogens (tertiary/aromatic N) is 7. The quantitative estimate of drug-likeness (QED) is 0.464. The number of hydrogen-bond acceptors (Lipinski definition) is 8. The number of carbonyl (C=O) groups is 1. The molecule has 3 aromatic heterocycles. The maximum absolute atomic E-state index is 11.6. The van der Waals surface area contributed by atoms with Crippen LogP contribution in [0.3, 0.4) is 0 Å². The predicted molar refractivity (Wildman–Crippen MR) is 120 cm³/mol. The maximum Gasteiger partial charge on any atom is 0.230 e. The lowest BCUT2D eigenvalue weighted by Crippen LogP contribution is -2.10. The number of ether oxygens (including phenoxy) is 1. The van der Waals surface area contributed by atoms with E-state index in [2.05, 4.69) is 36.7 Å². The Hall–Kier alpha value is -4.49. The molecule has 0 spiro atoms. The molecule has 4 aromatic rings. The Labute approximate surface area is 189 Å². The van der Waals surface area contributed by atoms with E-state index in [-0.39, 0.29) is 11.9 Å². The fraction of sp³-hybridized carbons (Fsp3) is 0.174. The number of aromatic nitrogens is 6. The van der Waals surface area contributed by atoms with E-state index in [4.69, 9.17) is 4.74 Å². The number of amides is 1. The van der Waals surface area contributed by atoms with Crippen LogP contribution < -0.4 is 5.32 Å². The molecule has 0 fully saturated rings. The van der Waals surface area contributed by atoms with E-state index in [1.54, 1.807) is 42.3 Å². The van der Waals surface area contributed by atoms with Crippen molar-refractivity contribution < 1.29 is 9.53 Å². The third-order valence-electron chi connectivity index (χ3n) is 4.58. The summed E-state index contributed by atoms with van der Waals surface area (Å²) >= 11 is 0. The number of anilines is 1. The van der Waals surface area contributed by atoms with Gasteiger partial charge in [0.1, 0.15) is 5.69 Å². The minimum Gasteiger partial charge on any atom is -0.378 e. The first-order chi connectivity index (χ1) is 16.0. The summed E-state index contributed by atoms with van der Waals surface area (Å²) in [6.45, 7) is 2.23. The van der Waals surface area contributed by atoms with Gasteiger partial charge in [-0.25, -0.2) is 14.6 Å². The molecule has 10 heteroatoms. The molecular weight excluding hydrogens is 420 g/mol. The van der Waals surface area contributed by atoms with Crippen molar-refractivity contribution in [3.05, 3.63) is 71.7 Å². The molecule has 1 amide bonds. The van der Waals surface area contributed by atoms with Crippen LogP contribution in [0.4, 0.5) is 5.95 Å². The molecule has 10 nitrogen and oxygen atoms in total. The van der Waals surface area contributed by atoms with Gasteiger partial charge < -0.3 is 4.74 Å². The van der Waals surface area contributed by atoms with Crippen LogP contribution in [0.2, 0.25) is 0 Å². The van der Waals surface area contributed by atoms with Crippen LogP contribution in [-0.4, -0.2) is 43.0 Å². The van der Waals surface area contributed by atoms with E-state index in [1.165, 1.54) is 6.92 Å². The lowest BCUT2D eigenvalue weighted by atomic mass is 10.1. The Bertz CT molecular complexity index is 1340. The fourth-order valence-corrected chi connectivity index (χ4v) is 3.19. The van der Waals surface area contributed by atoms with Gasteiger partial charge in [-0.15, -0.1) is 5.10 Å². The van der Waals surface area contributed by atoms with Crippen molar-refractivity contribution in [2.24, 2.45) is 0 Å². The Kier molecular flexibility index (Phi) is 6.43. The van der Waals surface area contributed by atoms with Gasteiger partial charge in [0.25, 0.3) is 0 Å². The summed E-state index contributed by atoms with van der Waals surface area (Å²) in [6.07, 6.45) is 1.75. The Morgan fingerprint density at radius 1 is 1.06 bits per heavy atom. The summed E-state index contributed by atoms with van der Waals surface area (Å²) < 4.78 is 6.79. The maximum atomic E-state index is 11.6. The molecule has 0 saturated carbocycles. The molecule has 0 bridgehead atoms. The summed E-state index contributed by atoms with van der Waals surface area (Å²) in [5.74, 6) is -0.157. The van der Waals surface area contributed by atoms with Gasteiger partial charge >= 0.3 is 0 Å². The van der Waals surface area contributed by atoms with Crippen molar-refractivity contribution in [2.45, 2.75) is 20.1 Å². The highest BCUT2D eigenvalue weighted by Gasteiger charge is 2.13. The van der Waals surface area contributed by atoms with E-state index in [1.807, 2.05) is 24.3 Å². The molecule has 3 heterocycles. The molecule has 4 rings (SSSR count). The van der Waals surface area contributed by atoms with Crippen LogP contribution in [0.15, 0.2) is 54.7 Å². The first-order valence-corrected chi connectivity index (χ1v) is 10.1. The van der Waals surface area contributed by atoms with Crippen LogP contribution >= 0.6 is 0 Å². The average molecular weight is 440 g/mol. The van der Waals surface area contributed by atoms with Gasteiger partial charge in [0.2, 0.25) is 11.9 Å². The number of methoxy groups -OCH3 is 1. The van der Waals surface area contributed by atoms with Crippen LogP contribution in [0.1, 0.15) is 23.9 Å². The van der Waals surface area contributed by atoms with Crippen molar-refractivity contribution in [1.29, 1.82) is 5.26 Å². The van der Waals surface area contributed by atoms with Crippen LogP contribution in [0.25, 0.3) is 22.6 Å². The summed E-state index contributed by atoms with van der Waals surface area (Å²) in [6, 6.07) is 16.6. The highest BCUT2D eigenvalue weighted by atomic mass is 16.5. The number of nitrogens with one attached hydrogen (secondary N) is 1. The number of rotatable bonds is 7. The van der Waals surface area contributed by atoms with E-state index in [0.717, 1.165) is 17.0 Å². The molecule has 0 aliphatic rings. The number of hydrogen-bond donors (Lipinski definition) is 1. The van der Waals surface area contributed by atoms with Gasteiger partial charge in [-0.3, -0.25) is 15.1 Å². The molecule has 1 N–H and O–H groups in total. The average Bonchev–Trinajstić information content (AvgIpc) is 3.27. The summed E-state index contributed by atoms with van der Waals surface area (Å²) in [7, 11) is 1.62. The monoisotopic (exact) mass is 440 g/mol. The largest absolute Gasteiger partial charge is 0.378 e. The zero-order chi connectivity index (χ0) is 23.2. The van der Waals surface area contributed by atoms with E-state index in [9.17, 15) is 10.1 Å². The Morgan fingerprint density at radius 3 is 2.64 bits per heavy atom. The third-order valence-corrected chi connectivity index (χ3v) is 4.58. The zero-order valence-electron chi connectivity index (χ0n) is 18.1. The Balaban J connectivity index is 1.67. The first kappa shape index (κ1) is 21.7. The number of pyridine rings is 1. The van der Waals surface area contributed by atoms with E-state index < -0.39 is 0 Å². The highest BCUT2D eigenvalue weighted by molar-refractivity contribution is 5.87. The molecule has 164 valence electrons. The van der Waals surface area contributed by atoms with Crippen LogP contribution in [-0.2, 0) is 22.7 Å². The van der Waals surface area contributed by atoms with Gasteiger partial charge in [-0.1, -0.05) is 23.4 Å². The summed E-state index contributed by atoms with van der Waals surface area (Å²) in [5.41, 5.74) is 4.41. The van der Waals surface area contributed by atoms with E-state index in [0.29, 0.717) is 35.8 Å². The molecule has 0 atom stereocenters. The number of carbonyl (C=O) groups excluding carboxylic acids is 1. The van der Waals surface area contributed by atoms with Crippen LogP contribution in [0.5, 0.6) is 0 Å². The standard InChI is InChI=1S/C23H20N8O2/c1-15(32)25-23-27-20(17-6-3-5-16(9-17)11-24)10-21(28-23)22-13-31(30-29-22)12-18-7-4-8-19(26-18)14-33-2/h3-10,13H,12,14H2,1-2H3,(H,25,27,28,32). The van der Waals surface area contributed by atoms with Gasteiger partial charge in [-0.05, 0) is 30.3 Å². The molecule has 0 aliphatic carbocycles. The highest BCUT2D eigenvalue weighted by Crippen LogP contribution is 2.25. The van der Waals surface area contributed by atoms with Gasteiger partial charge in [-0.2, -0.15) is 5.26 Å². The SMILES string of the molecule is COCc1cccc(Cn2cc(-c3cc(-c4cccc(C#N)c4)nc(NC(C)=O)n3)nn2)n1. The number of benzene rings is 1. The predicted octanol–water partition coefficient (Wildman–Crippen LogP) is 2.82. The molecule has 1 aromatic carbocycles. The van der Waals surface area contributed by atoms with Crippen molar-refractivity contribution >= 4 is 11.9 Å². The molecule has 33 heavy (non-hydrogen) atoms. The summed E-state index contributed by atoms with van der Waals surface area (Å²) in [5, 5.41) is 20.3. The normalized spacial score (nSPS) is 10.6. The van der Waals surface area contributed by atoms with E-state index >= 15 is 0 Å². The van der Waals surface area contributed by atoms with Gasteiger partial charge in [0.05, 0.1) is 53.8 Å². The van der Waals surface area contributed by atoms with Gasteiger partial charge in [0, 0.05) is 19.6 Å². The lowest BCUT2D eigenvalue weighted by Gasteiger charge is -2.07. The molecular formula is C23H20N8O2. The zero-order valence-corrected chi connectivity index (χ0v) is 18.1. The van der Waals surface area contributed by atoms with Gasteiger partial charge in [0.15, 0.2) is 0 Å². The van der Waals surface area contributed by atoms with Crippen molar-refractivity contribution in [3.8, 4) is 28.7 Å². The van der Waals surface area contributed by atoms with Crippen molar-refractivity contribution in [1.82, 2.24) is 29.9 Å². The third kappa shape index (κ3) is 5.41. The van der Waals surface area contributed by atoms with Crippen molar-refractivity contribution in [2.75, 3.05) is 12.4 Å². The molecule has 0 unspecified atom stereocenters. The fourth-order valence-electron chi connectivity index (χ4n) is 3.19. The minimum absolute atomic E-state index is 0.140. The summed E-state index contributed by atoms with van der Waals surface area (Å²) in [4.78, 5) is 25.0. The lowest BCUT2D eigenvalue weighted by molar-refractivity contribution is -0.114. The minimum atomic E-state index is -0.297. The molecule has 0 radical (unpaired) electrons. The molecule has 0 saturated heterocycles. The topological polar surface area (TPSA) is 132 Å². The Morgan fingerprint density at radius 2 is 1.85 bits per heavy atom. The second kappa shape index (κ2) is 9.76. The second-order valence-electron chi connectivity index (χ2n) is 7.19.